The van der Waals surface area contributed by atoms with Crippen molar-refractivity contribution in [3.63, 3.8) is 0 Å². The molecule has 140 valence electrons. The van der Waals surface area contributed by atoms with Gasteiger partial charge in [0, 0.05) is 18.7 Å². The maximum atomic E-state index is 4.49. The van der Waals surface area contributed by atoms with Gasteiger partial charge in [0.25, 0.3) is 0 Å². The summed E-state index contributed by atoms with van der Waals surface area (Å²) in [4.78, 5) is 5.09. The second-order valence-electron chi connectivity index (χ2n) is 8.42. The van der Waals surface area contributed by atoms with Crippen LogP contribution in [0.4, 0.5) is 0 Å². The van der Waals surface area contributed by atoms with Crippen LogP contribution in [0.3, 0.4) is 0 Å². The van der Waals surface area contributed by atoms with Gasteiger partial charge in [-0.25, -0.2) is 0 Å². The number of benzene rings is 1. The summed E-state index contributed by atoms with van der Waals surface area (Å²) in [7, 11) is 0. The average Bonchev–Trinajstić information content (AvgIpc) is 3.28. The molecule has 4 rings (SSSR count). The van der Waals surface area contributed by atoms with Crippen molar-refractivity contribution in [2.24, 2.45) is 0 Å². The minimum absolute atomic E-state index is 0.172. The van der Waals surface area contributed by atoms with Crippen molar-refractivity contribution < 1.29 is 0 Å². The zero-order valence-corrected chi connectivity index (χ0v) is 16.9. The summed E-state index contributed by atoms with van der Waals surface area (Å²) in [5.74, 6) is 1.99. The van der Waals surface area contributed by atoms with Crippen LogP contribution in [-0.4, -0.2) is 56.6 Å². The van der Waals surface area contributed by atoms with Crippen LogP contribution in [0.1, 0.15) is 39.2 Å². The number of hydrogen-bond donors (Lipinski definition) is 0. The number of likely N-dealkylation sites (tertiary alicyclic amines) is 1. The van der Waals surface area contributed by atoms with E-state index in [-0.39, 0.29) is 5.41 Å². The molecule has 0 radical (unpaired) electrons. The first-order valence-corrected chi connectivity index (χ1v) is 10.6. The molecule has 1 fully saturated rings. The van der Waals surface area contributed by atoms with E-state index in [0.29, 0.717) is 0 Å². The van der Waals surface area contributed by atoms with Gasteiger partial charge in [-0.3, -0.25) is 9.47 Å². The van der Waals surface area contributed by atoms with E-state index in [2.05, 4.69) is 69.6 Å². The number of fused-ring (bicyclic) bond motifs is 1. The molecule has 5 nitrogen and oxygen atoms in total. The summed E-state index contributed by atoms with van der Waals surface area (Å²) < 4.78 is 2.27. The van der Waals surface area contributed by atoms with Crippen molar-refractivity contribution >= 4 is 11.8 Å². The first-order chi connectivity index (χ1) is 12.5. The minimum Gasteiger partial charge on any atom is -0.302 e. The summed E-state index contributed by atoms with van der Waals surface area (Å²) in [6.07, 6.45) is 2.72. The first-order valence-electron chi connectivity index (χ1n) is 9.62. The van der Waals surface area contributed by atoms with E-state index in [1.807, 2.05) is 0 Å². The van der Waals surface area contributed by atoms with Crippen LogP contribution in [-0.2, 0) is 12.1 Å². The van der Waals surface area contributed by atoms with Crippen LogP contribution in [0.2, 0.25) is 0 Å². The molecule has 0 spiro atoms. The van der Waals surface area contributed by atoms with Crippen molar-refractivity contribution in [1.29, 1.82) is 0 Å². The predicted molar refractivity (Wildman–Crippen MR) is 107 cm³/mol. The maximum Gasteiger partial charge on any atom is 0.193 e. The lowest BCUT2D eigenvalue weighted by molar-refractivity contribution is 0.203. The molecule has 0 amide bonds. The molecule has 1 aromatic carbocycles. The third kappa shape index (κ3) is 3.82. The minimum atomic E-state index is 0.172. The van der Waals surface area contributed by atoms with Gasteiger partial charge in [0.15, 0.2) is 11.0 Å². The van der Waals surface area contributed by atoms with E-state index in [0.717, 1.165) is 35.6 Å². The molecule has 3 heterocycles. The van der Waals surface area contributed by atoms with Crippen LogP contribution < -0.4 is 0 Å². The Morgan fingerprint density at radius 2 is 1.65 bits per heavy atom. The standard InChI is InChI=1S/C20H29N5S/c1-20(2,3)17-8-6-16(7-9-17)18-21-22-19-25(18)14-24(15-26-19)13-12-23-10-4-5-11-23/h6-9H,4-5,10-15H2,1-3H3. The number of hydrogen-bond acceptors (Lipinski definition) is 5. The van der Waals surface area contributed by atoms with Gasteiger partial charge in [-0.15, -0.1) is 10.2 Å². The van der Waals surface area contributed by atoms with E-state index < -0.39 is 0 Å². The number of rotatable bonds is 4. The fraction of sp³-hybridized carbons (Fsp3) is 0.600. The molecule has 1 saturated heterocycles. The highest BCUT2D eigenvalue weighted by molar-refractivity contribution is 7.99. The molecular formula is C20H29N5S. The second kappa shape index (κ2) is 7.33. The van der Waals surface area contributed by atoms with E-state index in [1.165, 1.54) is 38.0 Å². The lowest BCUT2D eigenvalue weighted by Gasteiger charge is -2.29. The normalized spacial score (nSPS) is 19.0. The molecule has 6 heteroatoms. The largest absolute Gasteiger partial charge is 0.302 e. The van der Waals surface area contributed by atoms with Crippen LogP contribution in [0.25, 0.3) is 11.4 Å². The van der Waals surface area contributed by atoms with Gasteiger partial charge in [-0.05, 0) is 36.9 Å². The van der Waals surface area contributed by atoms with E-state index in [1.54, 1.807) is 11.8 Å². The lowest BCUT2D eigenvalue weighted by Crippen LogP contribution is -2.37. The third-order valence-electron chi connectivity index (χ3n) is 5.37. The van der Waals surface area contributed by atoms with Crippen LogP contribution >= 0.6 is 11.8 Å². The molecular weight excluding hydrogens is 342 g/mol. The van der Waals surface area contributed by atoms with Gasteiger partial charge >= 0.3 is 0 Å². The Bertz CT molecular complexity index is 741. The average molecular weight is 372 g/mol. The molecule has 2 aliphatic rings. The SMILES string of the molecule is CC(C)(C)c1ccc(-c2nnc3n2CN(CCN2CCCC2)CS3)cc1. The smallest absolute Gasteiger partial charge is 0.193 e. The Morgan fingerprint density at radius 3 is 2.35 bits per heavy atom. The van der Waals surface area contributed by atoms with Gasteiger partial charge in [0.1, 0.15) is 0 Å². The monoisotopic (exact) mass is 371 g/mol. The molecule has 26 heavy (non-hydrogen) atoms. The van der Waals surface area contributed by atoms with E-state index >= 15 is 0 Å². The third-order valence-corrected chi connectivity index (χ3v) is 6.43. The topological polar surface area (TPSA) is 37.2 Å². The summed E-state index contributed by atoms with van der Waals surface area (Å²) in [6, 6.07) is 8.81. The fourth-order valence-electron chi connectivity index (χ4n) is 3.67. The van der Waals surface area contributed by atoms with Crippen LogP contribution in [0, 0.1) is 0 Å². The van der Waals surface area contributed by atoms with Crippen LogP contribution in [0.5, 0.6) is 0 Å². The Hall–Kier alpha value is -1.37. The Labute approximate surface area is 160 Å². The molecule has 0 N–H and O–H groups in total. The van der Waals surface area contributed by atoms with Crippen molar-refractivity contribution in [2.45, 2.75) is 50.9 Å². The molecule has 0 aliphatic carbocycles. The van der Waals surface area contributed by atoms with Gasteiger partial charge in [-0.1, -0.05) is 56.8 Å². The first kappa shape index (κ1) is 18.0. The lowest BCUT2D eigenvalue weighted by atomic mass is 9.87. The maximum absolute atomic E-state index is 4.49. The van der Waals surface area contributed by atoms with E-state index in [4.69, 9.17) is 0 Å². The fourth-order valence-corrected chi connectivity index (χ4v) is 4.58. The highest BCUT2D eigenvalue weighted by Gasteiger charge is 2.23. The number of nitrogens with zero attached hydrogens (tertiary/aromatic N) is 5. The number of thioether (sulfide) groups is 1. The Morgan fingerprint density at radius 1 is 0.962 bits per heavy atom. The van der Waals surface area contributed by atoms with Crippen molar-refractivity contribution in [3.8, 4) is 11.4 Å². The molecule has 0 unspecified atom stereocenters. The Kier molecular flexibility index (Phi) is 5.08. The zero-order valence-electron chi connectivity index (χ0n) is 16.1. The van der Waals surface area contributed by atoms with Crippen LogP contribution in [0.15, 0.2) is 29.4 Å². The molecule has 2 aromatic rings. The summed E-state index contributed by atoms with van der Waals surface area (Å²) >= 11 is 1.80. The van der Waals surface area contributed by atoms with Gasteiger partial charge in [0.2, 0.25) is 0 Å². The molecule has 2 aliphatic heterocycles. The van der Waals surface area contributed by atoms with Gasteiger partial charge in [-0.2, -0.15) is 0 Å². The summed E-state index contributed by atoms with van der Waals surface area (Å²) in [5.41, 5.74) is 2.67. The summed E-state index contributed by atoms with van der Waals surface area (Å²) in [6.45, 7) is 12.5. The summed E-state index contributed by atoms with van der Waals surface area (Å²) in [5, 5.41) is 9.94. The quantitative estimate of drug-likeness (QED) is 0.820. The number of aromatic nitrogens is 3. The molecule has 0 bridgehead atoms. The molecule has 0 atom stereocenters. The van der Waals surface area contributed by atoms with E-state index in [9.17, 15) is 0 Å². The molecule has 1 aromatic heterocycles. The van der Waals surface area contributed by atoms with Crippen molar-refractivity contribution in [1.82, 2.24) is 24.6 Å². The second-order valence-corrected chi connectivity index (χ2v) is 9.33. The Balaban J connectivity index is 1.47. The van der Waals surface area contributed by atoms with Gasteiger partial charge in [0.05, 0.1) is 12.5 Å². The van der Waals surface area contributed by atoms with Gasteiger partial charge < -0.3 is 4.90 Å². The zero-order chi connectivity index (χ0) is 18.1. The predicted octanol–water partition coefficient (Wildman–Crippen LogP) is 3.66. The van der Waals surface area contributed by atoms with Crippen molar-refractivity contribution in [2.75, 3.05) is 32.1 Å². The van der Waals surface area contributed by atoms with Crippen molar-refractivity contribution in [3.05, 3.63) is 29.8 Å². The highest BCUT2D eigenvalue weighted by Crippen LogP contribution is 2.30. The molecule has 0 saturated carbocycles. The highest BCUT2D eigenvalue weighted by atomic mass is 32.2.